The van der Waals surface area contributed by atoms with Crippen LogP contribution in [0.5, 0.6) is 0 Å². The fourth-order valence-electron chi connectivity index (χ4n) is 3.65. The third kappa shape index (κ3) is 3.42. The van der Waals surface area contributed by atoms with Gasteiger partial charge in [0.05, 0.1) is 35.5 Å². The number of nitrogens with one attached hydrogen (secondary N) is 1. The molecule has 2 aromatic carbocycles. The molecule has 1 fully saturated rings. The molecule has 0 unspecified atom stereocenters. The van der Waals surface area contributed by atoms with E-state index in [9.17, 15) is 0 Å². The summed E-state index contributed by atoms with van der Waals surface area (Å²) in [5.41, 5.74) is 6.10. The number of morpholine rings is 1. The predicted molar refractivity (Wildman–Crippen MR) is 110 cm³/mol. The van der Waals surface area contributed by atoms with E-state index in [1.54, 1.807) is 6.20 Å². The Morgan fingerprint density at radius 2 is 1.93 bits per heavy atom. The summed E-state index contributed by atoms with van der Waals surface area (Å²) in [5, 5.41) is 0. The topological polar surface area (TPSA) is 54.0 Å². The highest BCUT2D eigenvalue weighted by molar-refractivity contribution is 5.84. The molecule has 0 aliphatic carbocycles. The number of benzene rings is 2. The molecule has 1 aliphatic heterocycles. The molecule has 0 bridgehead atoms. The number of imidazole rings is 1. The van der Waals surface area contributed by atoms with Crippen LogP contribution in [0.4, 0.5) is 0 Å². The molecule has 139 valence electrons. The van der Waals surface area contributed by atoms with E-state index >= 15 is 0 Å². The number of aromatic amines is 1. The lowest BCUT2D eigenvalue weighted by molar-refractivity contribution is 0.0342. The van der Waals surface area contributed by atoms with Crippen molar-refractivity contribution in [3.8, 4) is 22.6 Å². The Balaban J connectivity index is 1.49. The highest BCUT2D eigenvalue weighted by Crippen LogP contribution is 2.29. The minimum atomic E-state index is 0.797. The molecule has 0 atom stereocenters. The molecule has 0 amide bonds. The van der Waals surface area contributed by atoms with Crippen LogP contribution in [-0.4, -0.2) is 46.2 Å². The second kappa shape index (κ2) is 7.54. The van der Waals surface area contributed by atoms with Gasteiger partial charge in [0.1, 0.15) is 5.82 Å². The second-order valence-electron chi connectivity index (χ2n) is 7.00. The van der Waals surface area contributed by atoms with Crippen molar-refractivity contribution in [1.82, 2.24) is 19.9 Å². The van der Waals surface area contributed by atoms with E-state index < -0.39 is 0 Å². The standard InChI is InChI=1S/C23H21N4O/c1-2-5-18(6-3-1)22-19(7-4-10-24-22)23-25-20-9-8-17(15-21(20)26-23)16-27-11-13-28-14-12-27/h1-6,8-10,15H,11-14,16H2,(H,25,26). The summed E-state index contributed by atoms with van der Waals surface area (Å²) < 4.78 is 5.44. The van der Waals surface area contributed by atoms with Crippen LogP contribution in [0.2, 0.25) is 0 Å². The molecular formula is C23H21N4O. The molecule has 0 spiro atoms. The van der Waals surface area contributed by atoms with Crippen LogP contribution in [0.1, 0.15) is 5.56 Å². The Morgan fingerprint density at radius 1 is 1.07 bits per heavy atom. The summed E-state index contributed by atoms with van der Waals surface area (Å²) in [7, 11) is 0. The first-order valence-electron chi connectivity index (χ1n) is 9.58. The van der Waals surface area contributed by atoms with Crippen LogP contribution in [-0.2, 0) is 11.3 Å². The van der Waals surface area contributed by atoms with Crippen LogP contribution in [0.3, 0.4) is 0 Å². The summed E-state index contributed by atoms with van der Waals surface area (Å²) >= 11 is 0. The number of rotatable bonds is 4. The first-order chi connectivity index (χ1) is 13.9. The Kier molecular flexibility index (Phi) is 4.61. The average Bonchev–Trinajstić information content (AvgIpc) is 3.18. The van der Waals surface area contributed by atoms with Crippen LogP contribution < -0.4 is 0 Å². The smallest absolute Gasteiger partial charge is 0.141 e. The van der Waals surface area contributed by atoms with E-state index in [0.29, 0.717) is 0 Å². The van der Waals surface area contributed by atoms with Crippen molar-refractivity contribution in [3.63, 3.8) is 0 Å². The number of ether oxygens (including phenoxy) is 1. The van der Waals surface area contributed by atoms with Gasteiger partial charge < -0.3 is 9.72 Å². The van der Waals surface area contributed by atoms with Gasteiger partial charge in [-0.2, -0.15) is 0 Å². The largest absolute Gasteiger partial charge is 0.379 e. The van der Waals surface area contributed by atoms with Crippen molar-refractivity contribution in [2.24, 2.45) is 0 Å². The van der Waals surface area contributed by atoms with E-state index in [4.69, 9.17) is 9.72 Å². The number of aromatic nitrogens is 3. The zero-order valence-corrected chi connectivity index (χ0v) is 15.6. The Morgan fingerprint density at radius 3 is 2.79 bits per heavy atom. The summed E-state index contributed by atoms with van der Waals surface area (Å²) in [6.07, 6.45) is 1.77. The number of hydrogen-bond donors (Lipinski definition) is 1. The van der Waals surface area contributed by atoms with Gasteiger partial charge in [0.2, 0.25) is 0 Å². The van der Waals surface area contributed by atoms with E-state index in [1.165, 1.54) is 5.56 Å². The highest BCUT2D eigenvalue weighted by atomic mass is 16.5. The zero-order valence-electron chi connectivity index (χ0n) is 15.6. The maximum atomic E-state index is 5.44. The zero-order chi connectivity index (χ0) is 18.8. The summed E-state index contributed by atoms with van der Waals surface area (Å²) in [5.74, 6) is 0.797. The monoisotopic (exact) mass is 369 g/mol. The Hall–Kier alpha value is -3.02. The number of H-pyrrole nitrogens is 1. The number of pyridine rings is 1. The van der Waals surface area contributed by atoms with E-state index in [0.717, 1.165) is 66.5 Å². The average molecular weight is 369 g/mol. The van der Waals surface area contributed by atoms with Gasteiger partial charge >= 0.3 is 0 Å². The molecule has 0 saturated carbocycles. The van der Waals surface area contributed by atoms with E-state index in [1.807, 2.05) is 24.3 Å². The fourth-order valence-corrected chi connectivity index (χ4v) is 3.65. The predicted octanol–water partition coefficient (Wildman–Crippen LogP) is 3.92. The van der Waals surface area contributed by atoms with Gasteiger partial charge in [-0.15, -0.1) is 0 Å². The molecule has 4 aromatic rings. The number of fused-ring (bicyclic) bond motifs is 1. The van der Waals surface area contributed by atoms with Crippen molar-refractivity contribution < 1.29 is 4.74 Å². The van der Waals surface area contributed by atoms with Crippen molar-refractivity contribution in [3.05, 3.63) is 72.4 Å². The van der Waals surface area contributed by atoms with Crippen LogP contribution in [0, 0.1) is 6.07 Å². The minimum Gasteiger partial charge on any atom is -0.379 e. The molecule has 3 heterocycles. The molecular weight excluding hydrogens is 348 g/mol. The maximum Gasteiger partial charge on any atom is 0.141 e. The van der Waals surface area contributed by atoms with Crippen LogP contribution in [0.25, 0.3) is 33.7 Å². The normalized spacial score (nSPS) is 15.1. The van der Waals surface area contributed by atoms with Crippen LogP contribution >= 0.6 is 0 Å². The summed E-state index contributed by atoms with van der Waals surface area (Å²) in [4.78, 5) is 15.3. The number of nitrogens with zero attached hydrogens (tertiary/aromatic N) is 3. The molecule has 1 radical (unpaired) electrons. The van der Waals surface area contributed by atoms with Gasteiger partial charge in [-0.3, -0.25) is 9.88 Å². The fraction of sp³-hybridized carbons (Fsp3) is 0.217. The van der Waals surface area contributed by atoms with E-state index in [2.05, 4.69) is 51.3 Å². The van der Waals surface area contributed by atoms with Gasteiger partial charge in [-0.25, -0.2) is 4.98 Å². The first kappa shape index (κ1) is 17.1. The molecule has 1 saturated heterocycles. The van der Waals surface area contributed by atoms with Gasteiger partial charge in [0.25, 0.3) is 0 Å². The molecule has 5 rings (SSSR count). The van der Waals surface area contributed by atoms with Gasteiger partial charge in [-0.05, 0) is 29.8 Å². The molecule has 1 N–H and O–H groups in total. The molecule has 5 nitrogen and oxygen atoms in total. The SMILES string of the molecule is [c]1ccnc(-c2ccccc2)c1-c1nc2cc(CN3CCOCC3)ccc2[nH]1. The van der Waals surface area contributed by atoms with Gasteiger partial charge in [0, 0.05) is 31.4 Å². The van der Waals surface area contributed by atoms with E-state index in [-0.39, 0.29) is 0 Å². The van der Waals surface area contributed by atoms with Gasteiger partial charge in [-0.1, -0.05) is 36.4 Å². The molecule has 1 aliphatic rings. The lowest BCUT2D eigenvalue weighted by Crippen LogP contribution is -2.35. The lowest BCUT2D eigenvalue weighted by atomic mass is 10.1. The quantitative estimate of drug-likeness (QED) is 0.592. The van der Waals surface area contributed by atoms with Crippen molar-refractivity contribution in [2.45, 2.75) is 6.54 Å². The van der Waals surface area contributed by atoms with Gasteiger partial charge in [0.15, 0.2) is 0 Å². The lowest BCUT2D eigenvalue weighted by Gasteiger charge is -2.26. The third-order valence-electron chi connectivity index (χ3n) is 5.08. The first-order valence-corrected chi connectivity index (χ1v) is 9.58. The second-order valence-corrected chi connectivity index (χ2v) is 7.00. The Bertz CT molecular complexity index is 1080. The van der Waals surface area contributed by atoms with Crippen molar-refractivity contribution in [1.29, 1.82) is 0 Å². The summed E-state index contributed by atoms with van der Waals surface area (Å²) in [6, 6.07) is 21.8. The Labute approximate surface area is 164 Å². The summed E-state index contributed by atoms with van der Waals surface area (Å²) in [6.45, 7) is 4.52. The maximum absolute atomic E-state index is 5.44. The molecule has 28 heavy (non-hydrogen) atoms. The minimum absolute atomic E-state index is 0.797. The van der Waals surface area contributed by atoms with Crippen molar-refractivity contribution in [2.75, 3.05) is 26.3 Å². The number of hydrogen-bond acceptors (Lipinski definition) is 4. The molecule has 5 heteroatoms. The van der Waals surface area contributed by atoms with Crippen LogP contribution in [0.15, 0.2) is 60.8 Å². The van der Waals surface area contributed by atoms with Crippen molar-refractivity contribution >= 4 is 11.0 Å². The molecule has 2 aromatic heterocycles. The third-order valence-corrected chi connectivity index (χ3v) is 5.08. The highest BCUT2D eigenvalue weighted by Gasteiger charge is 2.14.